The maximum Gasteiger partial charge on any atom is 0.418 e. The van der Waals surface area contributed by atoms with Gasteiger partial charge in [0.2, 0.25) is 5.88 Å². The number of rotatable bonds is 4. The summed E-state index contributed by atoms with van der Waals surface area (Å²) in [5.41, 5.74) is -1.66. The summed E-state index contributed by atoms with van der Waals surface area (Å²) in [5, 5.41) is 3.78. The molecule has 2 aliphatic rings. The predicted octanol–water partition coefficient (Wildman–Crippen LogP) is 3.37. The molecule has 9 nitrogen and oxygen atoms in total. The lowest BCUT2D eigenvalue weighted by atomic mass is 10.1. The second kappa shape index (κ2) is 10.0. The van der Waals surface area contributed by atoms with Crippen molar-refractivity contribution in [2.24, 2.45) is 0 Å². The maximum absolute atomic E-state index is 13.9. The number of fused-ring (bicyclic) bond motifs is 1. The van der Waals surface area contributed by atoms with Gasteiger partial charge in [-0.25, -0.2) is 9.78 Å². The molecule has 2 fully saturated rings. The number of morpholine rings is 1. The van der Waals surface area contributed by atoms with Crippen molar-refractivity contribution in [3.63, 3.8) is 0 Å². The average Bonchev–Trinajstić information content (AvgIpc) is 3.41. The molecule has 1 N–H and O–H groups in total. The third-order valence-corrected chi connectivity index (χ3v) is 6.95. The van der Waals surface area contributed by atoms with Crippen LogP contribution in [0.25, 0.3) is 10.2 Å². The number of amides is 2. The highest BCUT2D eigenvalue weighted by atomic mass is 32.1. The zero-order valence-electron chi connectivity index (χ0n) is 20.5. The molecule has 0 saturated carbocycles. The minimum Gasteiger partial charge on any atom is -0.471 e. The van der Waals surface area contributed by atoms with E-state index in [0.717, 1.165) is 17.4 Å². The van der Waals surface area contributed by atoms with Gasteiger partial charge in [-0.1, -0.05) is 0 Å². The first-order chi connectivity index (χ1) is 16.9. The first-order valence-corrected chi connectivity index (χ1v) is 12.4. The van der Waals surface area contributed by atoms with Crippen LogP contribution in [0.4, 0.5) is 18.0 Å². The van der Waals surface area contributed by atoms with Crippen LogP contribution in [0.15, 0.2) is 11.4 Å². The number of aromatic nitrogens is 1. The van der Waals surface area contributed by atoms with E-state index in [1.54, 1.807) is 20.8 Å². The fourth-order valence-corrected chi connectivity index (χ4v) is 5.34. The lowest BCUT2D eigenvalue weighted by Crippen LogP contribution is -2.50. The van der Waals surface area contributed by atoms with Gasteiger partial charge in [-0.2, -0.15) is 13.2 Å². The summed E-state index contributed by atoms with van der Waals surface area (Å²) in [6, 6.07) is 0.563. The van der Waals surface area contributed by atoms with Crippen molar-refractivity contribution in [1.29, 1.82) is 0 Å². The second-order valence-electron chi connectivity index (χ2n) is 9.67. The Morgan fingerprint density at radius 3 is 2.50 bits per heavy atom. The Morgan fingerprint density at radius 1 is 1.19 bits per heavy atom. The van der Waals surface area contributed by atoms with Crippen LogP contribution in [0.5, 0.6) is 5.88 Å². The summed E-state index contributed by atoms with van der Waals surface area (Å²) in [6.07, 6.45) is -5.86. The second-order valence-corrected chi connectivity index (χ2v) is 10.5. The molecule has 2 atom stereocenters. The SMILES string of the molecule is CNC(=O)c1csc2c(C(F)(F)F)cc(O[C@@H]3CN(C(=O)OC(C)(C)C)C[C@H]3N3CCOCC3)nc12. The topological polar surface area (TPSA) is 93.2 Å². The zero-order chi connectivity index (χ0) is 26.3. The standard InChI is InChI=1S/C23H29F3N4O5S/c1-22(2,3)35-21(32)30-10-15(29-5-7-33-8-6-29)16(11-30)34-17-9-14(23(24,25)26)19-18(28-17)13(12-36-19)20(31)27-4/h9,12,15-16H,5-8,10-11H2,1-4H3,(H,27,31)/t15-,16-/m1/s1. The summed E-state index contributed by atoms with van der Waals surface area (Å²) in [4.78, 5) is 32.9. The molecule has 2 aromatic rings. The van der Waals surface area contributed by atoms with Crippen molar-refractivity contribution >= 4 is 33.6 Å². The van der Waals surface area contributed by atoms with E-state index in [2.05, 4.69) is 15.2 Å². The molecule has 198 valence electrons. The number of carbonyl (C=O) groups is 2. The zero-order valence-corrected chi connectivity index (χ0v) is 21.3. The average molecular weight is 531 g/mol. The van der Waals surface area contributed by atoms with Crippen molar-refractivity contribution in [2.75, 3.05) is 46.4 Å². The van der Waals surface area contributed by atoms with Gasteiger partial charge in [0, 0.05) is 38.1 Å². The molecule has 2 aromatic heterocycles. The molecule has 0 radical (unpaired) electrons. The van der Waals surface area contributed by atoms with Gasteiger partial charge in [0.15, 0.2) is 0 Å². The van der Waals surface area contributed by atoms with Crippen molar-refractivity contribution in [1.82, 2.24) is 20.1 Å². The van der Waals surface area contributed by atoms with Gasteiger partial charge in [-0.3, -0.25) is 9.69 Å². The van der Waals surface area contributed by atoms with E-state index in [1.807, 2.05) is 0 Å². The van der Waals surface area contributed by atoms with Crippen LogP contribution >= 0.6 is 11.3 Å². The van der Waals surface area contributed by atoms with Crippen LogP contribution in [0.2, 0.25) is 0 Å². The quantitative estimate of drug-likeness (QED) is 0.648. The lowest BCUT2D eigenvalue weighted by molar-refractivity contribution is -0.136. The number of pyridine rings is 1. The molecule has 2 aliphatic heterocycles. The number of hydrogen-bond acceptors (Lipinski definition) is 8. The van der Waals surface area contributed by atoms with E-state index < -0.39 is 35.4 Å². The van der Waals surface area contributed by atoms with Crippen molar-refractivity contribution in [3.05, 3.63) is 22.6 Å². The van der Waals surface area contributed by atoms with E-state index in [-0.39, 0.29) is 40.8 Å². The van der Waals surface area contributed by atoms with Gasteiger partial charge in [0.25, 0.3) is 5.91 Å². The van der Waals surface area contributed by atoms with Crippen LogP contribution in [-0.2, 0) is 15.7 Å². The van der Waals surface area contributed by atoms with Gasteiger partial charge >= 0.3 is 12.3 Å². The van der Waals surface area contributed by atoms with Crippen LogP contribution in [0, 0.1) is 0 Å². The Hall–Kier alpha value is -2.64. The number of carbonyl (C=O) groups excluding carboxylic acids is 2. The fraction of sp³-hybridized carbons (Fsp3) is 0.609. The Bertz CT molecular complexity index is 1130. The molecule has 0 aliphatic carbocycles. The molecule has 4 heterocycles. The minimum absolute atomic E-state index is 0.0417. The Kier molecular flexibility index (Phi) is 7.35. The first kappa shape index (κ1) is 26.4. The Morgan fingerprint density at radius 2 is 1.89 bits per heavy atom. The summed E-state index contributed by atoms with van der Waals surface area (Å²) < 4.78 is 58.6. The summed E-state index contributed by atoms with van der Waals surface area (Å²) in [5.74, 6) is -0.796. The highest BCUT2D eigenvalue weighted by Gasteiger charge is 2.43. The molecule has 0 unspecified atom stereocenters. The van der Waals surface area contributed by atoms with Gasteiger partial charge in [-0.05, 0) is 20.8 Å². The summed E-state index contributed by atoms with van der Waals surface area (Å²) in [7, 11) is 1.40. The van der Waals surface area contributed by atoms with Crippen molar-refractivity contribution < 1.29 is 37.0 Å². The van der Waals surface area contributed by atoms with Crippen LogP contribution in [-0.4, -0.2) is 91.0 Å². The number of likely N-dealkylation sites (tertiary alicyclic amines) is 1. The Labute approximate surface area is 210 Å². The Balaban J connectivity index is 1.68. The monoisotopic (exact) mass is 530 g/mol. The number of nitrogens with one attached hydrogen (secondary N) is 1. The number of thiophene rings is 1. The highest BCUT2D eigenvalue weighted by molar-refractivity contribution is 7.17. The number of alkyl halides is 3. The molecular weight excluding hydrogens is 501 g/mol. The summed E-state index contributed by atoms with van der Waals surface area (Å²) >= 11 is 0.805. The third-order valence-electron chi connectivity index (χ3n) is 5.95. The molecule has 0 spiro atoms. The molecular formula is C23H29F3N4O5S. The van der Waals surface area contributed by atoms with Gasteiger partial charge in [-0.15, -0.1) is 11.3 Å². The van der Waals surface area contributed by atoms with E-state index in [1.165, 1.54) is 17.3 Å². The number of hydrogen-bond donors (Lipinski definition) is 1. The van der Waals surface area contributed by atoms with E-state index >= 15 is 0 Å². The highest BCUT2D eigenvalue weighted by Crippen LogP contribution is 2.40. The molecule has 0 bridgehead atoms. The van der Waals surface area contributed by atoms with Crippen LogP contribution in [0.1, 0.15) is 36.7 Å². The molecule has 36 heavy (non-hydrogen) atoms. The van der Waals surface area contributed by atoms with Crippen LogP contribution < -0.4 is 10.1 Å². The number of halogens is 3. The minimum atomic E-state index is -4.67. The van der Waals surface area contributed by atoms with Gasteiger partial charge in [0.05, 0.1) is 47.1 Å². The molecule has 2 saturated heterocycles. The third kappa shape index (κ3) is 5.68. The first-order valence-electron chi connectivity index (χ1n) is 11.6. The number of nitrogens with zero attached hydrogens (tertiary/aromatic N) is 3. The molecule has 0 aromatic carbocycles. The van der Waals surface area contributed by atoms with E-state index in [0.29, 0.717) is 26.3 Å². The van der Waals surface area contributed by atoms with E-state index in [4.69, 9.17) is 14.2 Å². The molecule has 13 heteroatoms. The summed E-state index contributed by atoms with van der Waals surface area (Å²) in [6.45, 7) is 7.88. The van der Waals surface area contributed by atoms with E-state index in [9.17, 15) is 22.8 Å². The predicted molar refractivity (Wildman–Crippen MR) is 126 cm³/mol. The van der Waals surface area contributed by atoms with Gasteiger partial charge < -0.3 is 24.4 Å². The van der Waals surface area contributed by atoms with Gasteiger partial charge in [0.1, 0.15) is 11.7 Å². The fourth-order valence-electron chi connectivity index (χ4n) is 4.31. The van der Waals surface area contributed by atoms with Crippen LogP contribution in [0.3, 0.4) is 0 Å². The smallest absolute Gasteiger partial charge is 0.418 e. The maximum atomic E-state index is 13.9. The largest absolute Gasteiger partial charge is 0.471 e. The lowest BCUT2D eigenvalue weighted by Gasteiger charge is -2.34. The normalized spacial score (nSPS) is 21.6. The van der Waals surface area contributed by atoms with Crippen molar-refractivity contribution in [3.8, 4) is 5.88 Å². The molecule has 4 rings (SSSR count). The molecule has 2 amide bonds. The van der Waals surface area contributed by atoms with Crippen molar-refractivity contribution in [2.45, 2.75) is 44.7 Å². The number of ether oxygens (including phenoxy) is 3.